The average Bonchev–Trinajstić information content (AvgIpc) is 3.23. The average molecular weight is 398 g/mol. The Balaban J connectivity index is 1.82. The highest BCUT2D eigenvalue weighted by atomic mass is 35.5. The van der Waals surface area contributed by atoms with E-state index in [1.165, 1.54) is 9.58 Å². The summed E-state index contributed by atoms with van der Waals surface area (Å²) in [5.41, 5.74) is 0.889. The van der Waals surface area contributed by atoms with Gasteiger partial charge in [-0.2, -0.15) is 5.10 Å². The minimum Gasteiger partial charge on any atom is -0.481 e. The van der Waals surface area contributed by atoms with Crippen LogP contribution in [0.4, 0.5) is 0 Å². The fraction of sp³-hybridized carbons (Fsp3) is 0.353. The molecule has 0 saturated carbocycles. The predicted octanol–water partition coefficient (Wildman–Crippen LogP) is 2.88. The zero-order valence-corrected chi connectivity index (χ0v) is 15.4. The van der Waals surface area contributed by atoms with Crippen LogP contribution in [-0.2, 0) is 9.53 Å². The van der Waals surface area contributed by atoms with Crippen LogP contribution < -0.4 is 0 Å². The molecule has 1 aliphatic rings. The molecule has 1 aromatic carbocycles. The van der Waals surface area contributed by atoms with Crippen molar-refractivity contribution in [2.24, 2.45) is 0 Å². The maximum absolute atomic E-state index is 12.8. The number of hydrogen-bond acceptors (Lipinski definition) is 4. The van der Waals surface area contributed by atoms with Crippen molar-refractivity contribution in [1.82, 2.24) is 14.7 Å². The number of halogens is 2. The molecule has 2 aromatic rings. The van der Waals surface area contributed by atoms with E-state index >= 15 is 0 Å². The molecule has 1 saturated heterocycles. The van der Waals surface area contributed by atoms with Gasteiger partial charge in [0.1, 0.15) is 0 Å². The van der Waals surface area contributed by atoms with E-state index in [0.29, 0.717) is 28.7 Å². The molecule has 26 heavy (non-hydrogen) atoms. The normalized spacial score (nSPS) is 19.7. The number of hydrogen-bond donors (Lipinski definition) is 1. The Morgan fingerprint density at radius 1 is 1.31 bits per heavy atom. The summed E-state index contributed by atoms with van der Waals surface area (Å²) in [7, 11) is 1.55. The number of benzene rings is 1. The van der Waals surface area contributed by atoms with Crippen molar-refractivity contribution >= 4 is 35.1 Å². The molecule has 1 amide bonds. The van der Waals surface area contributed by atoms with Crippen LogP contribution in [0.15, 0.2) is 30.5 Å². The van der Waals surface area contributed by atoms with Gasteiger partial charge in [0.15, 0.2) is 5.69 Å². The Morgan fingerprint density at radius 2 is 2.08 bits per heavy atom. The standard InChI is InChI=1S/C17H17Cl2N3O4/c1-26-12-6-11(8-16(23)24)21(9-12)17(25)15-4-5-22(20-15)10-2-3-13(18)14(19)7-10/h2-5,7,11-12H,6,8-9H2,1H3,(H,23,24). The number of methoxy groups -OCH3 is 1. The number of likely N-dealkylation sites (tertiary alicyclic amines) is 1. The third-order valence-electron chi connectivity index (χ3n) is 4.36. The van der Waals surface area contributed by atoms with Crippen LogP contribution in [-0.4, -0.2) is 57.5 Å². The fourth-order valence-corrected chi connectivity index (χ4v) is 3.34. The maximum Gasteiger partial charge on any atom is 0.305 e. The Labute approximate surface area is 160 Å². The molecule has 1 aromatic heterocycles. The van der Waals surface area contributed by atoms with Crippen molar-refractivity contribution in [2.75, 3.05) is 13.7 Å². The Kier molecular flexibility index (Phi) is 5.50. The SMILES string of the molecule is COC1CC(CC(=O)O)N(C(=O)c2ccn(-c3ccc(Cl)c(Cl)c3)n2)C1. The molecule has 7 nitrogen and oxygen atoms in total. The first kappa shape index (κ1) is 18.7. The summed E-state index contributed by atoms with van der Waals surface area (Å²) in [6.07, 6.45) is 1.82. The molecule has 1 aliphatic heterocycles. The van der Waals surface area contributed by atoms with E-state index < -0.39 is 12.0 Å². The minimum absolute atomic E-state index is 0.126. The van der Waals surface area contributed by atoms with Crippen LogP contribution in [0.2, 0.25) is 10.0 Å². The number of nitrogens with zero attached hydrogens (tertiary/aromatic N) is 3. The van der Waals surface area contributed by atoms with E-state index in [9.17, 15) is 9.59 Å². The van der Waals surface area contributed by atoms with Crippen molar-refractivity contribution in [3.8, 4) is 5.69 Å². The quantitative estimate of drug-likeness (QED) is 0.838. The van der Waals surface area contributed by atoms with Gasteiger partial charge >= 0.3 is 5.97 Å². The molecule has 0 aliphatic carbocycles. The van der Waals surface area contributed by atoms with Gasteiger partial charge in [0.05, 0.1) is 28.3 Å². The lowest BCUT2D eigenvalue weighted by Gasteiger charge is -2.22. The van der Waals surface area contributed by atoms with Crippen LogP contribution in [0.1, 0.15) is 23.3 Å². The summed E-state index contributed by atoms with van der Waals surface area (Å²) >= 11 is 11.9. The van der Waals surface area contributed by atoms with Gasteiger partial charge in [0.25, 0.3) is 5.91 Å². The van der Waals surface area contributed by atoms with Crippen molar-refractivity contribution in [3.05, 3.63) is 46.2 Å². The van der Waals surface area contributed by atoms with Crippen molar-refractivity contribution in [2.45, 2.75) is 25.0 Å². The Bertz CT molecular complexity index is 839. The van der Waals surface area contributed by atoms with E-state index in [1.807, 2.05) is 0 Å². The maximum atomic E-state index is 12.8. The number of rotatable bonds is 5. The third-order valence-corrected chi connectivity index (χ3v) is 5.10. The van der Waals surface area contributed by atoms with E-state index in [-0.39, 0.29) is 24.1 Å². The van der Waals surface area contributed by atoms with Gasteiger partial charge in [-0.05, 0) is 30.7 Å². The molecule has 0 radical (unpaired) electrons. The van der Waals surface area contributed by atoms with Gasteiger partial charge in [-0.3, -0.25) is 9.59 Å². The molecule has 1 fully saturated rings. The minimum atomic E-state index is -0.953. The number of carboxylic acid groups (broad SMARTS) is 1. The van der Waals surface area contributed by atoms with Gasteiger partial charge in [0, 0.05) is 25.9 Å². The summed E-state index contributed by atoms with van der Waals surface area (Å²) < 4.78 is 6.82. The zero-order chi connectivity index (χ0) is 18.8. The topological polar surface area (TPSA) is 84.7 Å². The molecule has 2 unspecified atom stereocenters. The molecule has 3 rings (SSSR count). The highest BCUT2D eigenvalue weighted by molar-refractivity contribution is 6.42. The van der Waals surface area contributed by atoms with Gasteiger partial charge in [0.2, 0.25) is 0 Å². The molecular formula is C17H17Cl2N3O4. The first-order valence-electron chi connectivity index (χ1n) is 7.95. The summed E-state index contributed by atoms with van der Waals surface area (Å²) in [5.74, 6) is -1.28. The number of aliphatic carboxylic acids is 1. The van der Waals surface area contributed by atoms with Gasteiger partial charge in [-0.15, -0.1) is 0 Å². The highest BCUT2D eigenvalue weighted by Crippen LogP contribution is 2.26. The van der Waals surface area contributed by atoms with Gasteiger partial charge < -0.3 is 14.7 Å². The largest absolute Gasteiger partial charge is 0.481 e. The van der Waals surface area contributed by atoms with E-state index in [4.69, 9.17) is 33.0 Å². The number of ether oxygens (including phenoxy) is 1. The molecule has 2 atom stereocenters. The molecular weight excluding hydrogens is 381 g/mol. The van der Waals surface area contributed by atoms with Crippen LogP contribution >= 0.6 is 23.2 Å². The number of aromatic nitrogens is 2. The number of amides is 1. The Morgan fingerprint density at radius 3 is 2.73 bits per heavy atom. The molecule has 0 spiro atoms. The second-order valence-electron chi connectivity index (χ2n) is 6.05. The van der Waals surface area contributed by atoms with E-state index in [0.717, 1.165) is 0 Å². The molecule has 9 heteroatoms. The van der Waals surface area contributed by atoms with Crippen LogP contribution in [0.3, 0.4) is 0 Å². The molecule has 138 valence electrons. The van der Waals surface area contributed by atoms with Crippen molar-refractivity contribution in [3.63, 3.8) is 0 Å². The fourth-order valence-electron chi connectivity index (χ4n) is 3.04. The first-order valence-corrected chi connectivity index (χ1v) is 8.71. The Hall–Kier alpha value is -2.09. The predicted molar refractivity (Wildman–Crippen MR) is 96.1 cm³/mol. The van der Waals surface area contributed by atoms with Crippen molar-refractivity contribution in [1.29, 1.82) is 0 Å². The van der Waals surface area contributed by atoms with E-state index in [1.54, 1.807) is 37.6 Å². The first-order chi connectivity index (χ1) is 12.4. The number of carbonyl (C=O) groups excluding carboxylic acids is 1. The van der Waals surface area contributed by atoms with Crippen molar-refractivity contribution < 1.29 is 19.4 Å². The van der Waals surface area contributed by atoms with Gasteiger partial charge in [-0.1, -0.05) is 23.2 Å². The second kappa shape index (κ2) is 7.65. The molecule has 2 heterocycles. The molecule has 1 N–H and O–H groups in total. The van der Waals surface area contributed by atoms with Crippen LogP contribution in [0.5, 0.6) is 0 Å². The summed E-state index contributed by atoms with van der Waals surface area (Å²) in [4.78, 5) is 25.4. The summed E-state index contributed by atoms with van der Waals surface area (Å²) in [6, 6.07) is 6.20. The monoisotopic (exact) mass is 397 g/mol. The lowest BCUT2D eigenvalue weighted by Crippen LogP contribution is -2.37. The third kappa shape index (κ3) is 3.85. The summed E-state index contributed by atoms with van der Waals surface area (Å²) in [6.45, 7) is 0.340. The zero-order valence-electron chi connectivity index (χ0n) is 13.9. The number of carbonyl (C=O) groups is 2. The van der Waals surface area contributed by atoms with Crippen LogP contribution in [0, 0.1) is 0 Å². The lowest BCUT2D eigenvalue weighted by atomic mass is 10.1. The second-order valence-corrected chi connectivity index (χ2v) is 6.86. The van der Waals surface area contributed by atoms with Gasteiger partial charge in [-0.25, -0.2) is 4.68 Å². The van der Waals surface area contributed by atoms with Crippen LogP contribution in [0.25, 0.3) is 5.69 Å². The smallest absolute Gasteiger partial charge is 0.305 e. The highest BCUT2D eigenvalue weighted by Gasteiger charge is 2.37. The molecule has 0 bridgehead atoms. The number of carboxylic acids is 1. The lowest BCUT2D eigenvalue weighted by molar-refractivity contribution is -0.138. The summed E-state index contributed by atoms with van der Waals surface area (Å²) in [5, 5.41) is 14.2. The van der Waals surface area contributed by atoms with E-state index in [2.05, 4.69) is 5.10 Å².